The van der Waals surface area contributed by atoms with Crippen molar-refractivity contribution in [3.63, 3.8) is 0 Å². The fraction of sp³-hybridized carbons (Fsp3) is 0.333. The molecule has 0 unspecified atom stereocenters. The van der Waals surface area contributed by atoms with Crippen LogP contribution in [0.15, 0.2) is 12.2 Å². The number of carboxylic acid groups (broad SMARTS) is 1. The Bertz CT molecular complexity index is 164. The smallest absolute Gasteiger partial charge is 0.330 e. The molecule has 5 heteroatoms. The van der Waals surface area contributed by atoms with Crippen LogP contribution in [0.1, 0.15) is 6.92 Å². The minimum absolute atomic E-state index is 0. The molecule has 11 heavy (non-hydrogen) atoms. The van der Waals surface area contributed by atoms with Crippen LogP contribution in [0, 0.1) is 0 Å². The molecule has 0 spiro atoms. The SMILES string of the molecule is CCOC(=O)/C=C/C(=O)O.[Cu]. The van der Waals surface area contributed by atoms with Crippen molar-refractivity contribution in [1.29, 1.82) is 0 Å². The van der Waals surface area contributed by atoms with Gasteiger partial charge in [0.2, 0.25) is 0 Å². The van der Waals surface area contributed by atoms with Crippen molar-refractivity contribution >= 4 is 11.9 Å². The van der Waals surface area contributed by atoms with E-state index in [9.17, 15) is 9.59 Å². The first-order valence-electron chi connectivity index (χ1n) is 2.74. The number of hydrogen-bond donors (Lipinski definition) is 1. The third-order valence-corrected chi connectivity index (χ3v) is 0.649. The van der Waals surface area contributed by atoms with Gasteiger partial charge in [0.1, 0.15) is 0 Å². The van der Waals surface area contributed by atoms with Crippen LogP contribution in [0.4, 0.5) is 0 Å². The van der Waals surface area contributed by atoms with E-state index in [2.05, 4.69) is 4.74 Å². The van der Waals surface area contributed by atoms with E-state index in [0.29, 0.717) is 0 Å². The normalized spacial score (nSPS) is 8.82. The van der Waals surface area contributed by atoms with Gasteiger partial charge in [-0.05, 0) is 6.92 Å². The summed E-state index contributed by atoms with van der Waals surface area (Å²) in [5.74, 6) is -1.79. The number of carboxylic acids is 1. The maximum Gasteiger partial charge on any atom is 0.330 e. The average Bonchev–Trinajstić information content (AvgIpc) is 1.85. The number of hydrogen-bond acceptors (Lipinski definition) is 3. The minimum Gasteiger partial charge on any atom is -0.478 e. The van der Waals surface area contributed by atoms with Crippen LogP contribution in [-0.2, 0) is 31.4 Å². The van der Waals surface area contributed by atoms with Crippen LogP contribution >= 0.6 is 0 Å². The second-order valence-electron chi connectivity index (χ2n) is 1.42. The number of rotatable bonds is 3. The summed E-state index contributed by atoms with van der Waals surface area (Å²) >= 11 is 0. The van der Waals surface area contributed by atoms with E-state index >= 15 is 0 Å². The molecule has 0 aromatic rings. The van der Waals surface area contributed by atoms with E-state index in [1.807, 2.05) is 0 Å². The molecule has 0 aromatic heterocycles. The Morgan fingerprint density at radius 3 is 2.36 bits per heavy atom. The predicted octanol–water partition coefficient (Wildman–Crippen LogP) is 0.188. The molecule has 0 amide bonds. The summed E-state index contributed by atoms with van der Waals surface area (Å²) in [6.07, 6.45) is 1.60. The molecule has 0 atom stereocenters. The van der Waals surface area contributed by atoms with Crippen LogP contribution < -0.4 is 0 Å². The van der Waals surface area contributed by atoms with Crippen molar-refractivity contribution < 1.29 is 36.5 Å². The molecule has 1 radical (unpaired) electrons. The van der Waals surface area contributed by atoms with Gasteiger partial charge in [-0.2, -0.15) is 0 Å². The molecule has 1 N–H and O–H groups in total. The van der Waals surface area contributed by atoms with Gasteiger partial charge in [-0.15, -0.1) is 0 Å². The molecule has 0 aliphatic carbocycles. The van der Waals surface area contributed by atoms with Crippen LogP contribution in [-0.4, -0.2) is 23.7 Å². The van der Waals surface area contributed by atoms with Gasteiger partial charge in [-0.3, -0.25) is 0 Å². The Balaban J connectivity index is 0. The molecule has 0 heterocycles. The van der Waals surface area contributed by atoms with Crippen molar-refractivity contribution in [3.05, 3.63) is 12.2 Å². The summed E-state index contributed by atoms with van der Waals surface area (Å²) in [5.41, 5.74) is 0. The second-order valence-corrected chi connectivity index (χ2v) is 1.42. The first-order chi connectivity index (χ1) is 4.66. The number of carbonyl (C=O) groups excluding carboxylic acids is 1. The summed E-state index contributed by atoms with van der Waals surface area (Å²) in [5, 5.41) is 8.04. The predicted molar refractivity (Wildman–Crippen MR) is 33.4 cm³/mol. The zero-order chi connectivity index (χ0) is 7.98. The van der Waals surface area contributed by atoms with E-state index in [1.54, 1.807) is 6.92 Å². The number of ether oxygens (including phenoxy) is 1. The Kier molecular flexibility index (Phi) is 8.53. The van der Waals surface area contributed by atoms with E-state index in [1.165, 1.54) is 0 Å². The van der Waals surface area contributed by atoms with Gasteiger partial charge in [-0.25, -0.2) is 9.59 Å². The molecule has 0 saturated heterocycles. The Morgan fingerprint density at radius 1 is 1.45 bits per heavy atom. The number of esters is 1. The Morgan fingerprint density at radius 2 is 2.00 bits per heavy atom. The Labute approximate surface area is 74.7 Å². The van der Waals surface area contributed by atoms with Crippen LogP contribution in [0.5, 0.6) is 0 Å². The zero-order valence-electron chi connectivity index (χ0n) is 5.84. The molecule has 0 saturated carbocycles. The van der Waals surface area contributed by atoms with Crippen molar-refractivity contribution in [2.45, 2.75) is 6.92 Å². The molecule has 0 aromatic carbocycles. The van der Waals surface area contributed by atoms with Gasteiger partial charge in [-0.1, -0.05) is 0 Å². The van der Waals surface area contributed by atoms with E-state index in [4.69, 9.17) is 5.11 Å². The molecule has 0 fully saturated rings. The van der Waals surface area contributed by atoms with Crippen molar-refractivity contribution in [3.8, 4) is 0 Å². The molecular weight excluding hydrogens is 200 g/mol. The maximum absolute atomic E-state index is 10.4. The molecule has 0 aliphatic heterocycles. The molecule has 0 aliphatic rings. The van der Waals surface area contributed by atoms with Gasteiger partial charge >= 0.3 is 11.9 Å². The van der Waals surface area contributed by atoms with Crippen LogP contribution in [0.25, 0.3) is 0 Å². The molecular formula is C6H8CuO4. The topological polar surface area (TPSA) is 63.6 Å². The summed E-state index contributed by atoms with van der Waals surface area (Å²) in [6, 6.07) is 0. The second kappa shape index (κ2) is 7.31. The van der Waals surface area contributed by atoms with E-state index < -0.39 is 11.9 Å². The first-order valence-corrected chi connectivity index (χ1v) is 2.74. The quantitative estimate of drug-likeness (QED) is 0.408. The zero-order valence-corrected chi connectivity index (χ0v) is 6.78. The van der Waals surface area contributed by atoms with Gasteiger partial charge in [0.25, 0.3) is 0 Å². The Hall–Kier alpha value is -0.801. The molecule has 67 valence electrons. The van der Waals surface area contributed by atoms with Gasteiger partial charge in [0.15, 0.2) is 0 Å². The van der Waals surface area contributed by atoms with Crippen molar-refractivity contribution in [1.82, 2.24) is 0 Å². The van der Waals surface area contributed by atoms with Gasteiger partial charge < -0.3 is 9.84 Å². The standard InChI is InChI=1S/C6H8O4.Cu/c1-2-10-6(9)4-3-5(7)8;/h3-4H,2H2,1H3,(H,7,8);/b4-3+;. The van der Waals surface area contributed by atoms with E-state index in [-0.39, 0.29) is 23.7 Å². The van der Waals surface area contributed by atoms with Crippen molar-refractivity contribution in [2.75, 3.05) is 6.61 Å². The van der Waals surface area contributed by atoms with Crippen molar-refractivity contribution in [2.24, 2.45) is 0 Å². The largest absolute Gasteiger partial charge is 0.478 e. The minimum atomic E-state index is -1.16. The van der Waals surface area contributed by atoms with Gasteiger partial charge in [0, 0.05) is 29.2 Å². The monoisotopic (exact) mass is 207 g/mol. The maximum atomic E-state index is 10.4. The third kappa shape index (κ3) is 9.20. The third-order valence-electron chi connectivity index (χ3n) is 0.649. The average molecular weight is 208 g/mol. The number of aliphatic carboxylic acids is 1. The van der Waals surface area contributed by atoms with Crippen LogP contribution in [0.2, 0.25) is 0 Å². The fourth-order valence-electron chi connectivity index (χ4n) is 0.330. The fourth-order valence-corrected chi connectivity index (χ4v) is 0.330. The van der Waals surface area contributed by atoms with E-state index in [0.717, 1.165) is 12.2 Å². The molecule has 4 nitrogen and oxygen atoms in total. The summed E-state index contributed by atoms with van der Waals surface area (Å²) in [4.78, 5) is 20.2. The van der Waals surface area contributed by atoms with Crippen LogP contribution in [0.3, 0.4) is 0 Å². The summed E-state index contributed by atoms with van der Waals surface area (Å²) in [6.45, 7) is 1.90. The molecule has 0 rings (SSSR count). The summed E-state index contributed by atoms with van der Waals surface area (Å²) in [7, 11) is 0. The summed E-state index contributed by atoms with van der Waals surface area (Å²) < 4.78 is 4.40. The van der Waals surface area contributed by atoms with Gasteiger partial charge in [0.05, 0.1) is 6.61 Å². The number of carbonyl (C=O) groups is 2. The first kappa shape index (κ1) is 12.8. The molecule has 0 bridgehead atoms.